The Bertz CT molecular complexity index is 1080. The van der Waals surface area contributed by atoms with Crippen LogP contribution in [0.3, 0.4) is 0 Å². The van der Waals surface area contributed by atoms with Gasteiger partial charge in [0.15, 0.2) is 5.82 Å². The molecule has 1 heterocycles. The molecule has 4 rings (SSSR count). The summed E-state index contributed by atoms with van der Waals surface area (Å²) in [5, 5.41) is 4.42. The maximum absolute atomic E-state index is 5.50. The molecule has 5 heteroatoms. The zero-order valence-corrected chi connectivity index (χ0v) is 15.8. The molecule has 5 nitrogen and oxygen atoms in total. The fourth-order valence-electron chi connectivity index (χ4n) is 3.20. The van der Waals surface area contributed by atoms with Crippen molar-refractivity contribution < 1.29 is 9.47 Å². The zero-order chi connectivity index (χ0) is 19.3. The first-order chi connectivity index (χ1) is 13.8. The summed E-state index contributed by atoms with van der Waals surface area (Å²) in [7, 11) is 3.32. The number of methoxy groups -OCH3 is 2. The maximum Gasteiger partial charge on any atom is 0.162 e. The van der Waals surface area contributed by atoms with E-state index in [0.29, 0.717) is 12.4 Å². The summed E-state index contributed by atoms with van der Waals surface area (Å²) in [4.78, 5) is 9.52. The largest absolute Gasteiger partial charge is 0.496 e. The van der Waals surface area contributed by atoms with Crippen LogP contribution in [0.5, 0.6) is 11.5 Å². The van der Waals surface area contributed by atoms with Crippen LogP contribution < -0.4 is 14.8 Å². The van der Waals surface area contributed by atoms with E-state index in [2.05, 4.69) is 5.32 Å². The van der Waals surface area contributed by atoms with Gasteiger partial charge in [-0.05, 0) is 24.3 Å². The zero-order valence-electron chi connectivity index (χ0n) is 15.8. The fourth-order valence-corrected chi connectivity index (χ4v) is 3.20. The highest BCUT2D eigenvalue weighted by molar-refractivity contribution is 5.90. The monoisotopic (exact) mass is 371 g/mol. The molecule has 0 amide bonds. The number of anilines is 1. The van der Waals surface area contributed by atoms with Gasteiger partial charge in [0.25, 0.3) is 0 Å². The lowest BCUT2D eigenvalue weighted by atomic mass is 10.1. The highest BCUT2D eigenvalue weighted by Gasteiger charge is 2.13. The van der Waals surface area contributed by atoms with Crippen molar-refractivity contribution in [3.8, 4) is 22.9 Å². The van der Waals surface area contributed by atoms with Crippen molar-refractivity contribution >= 4 is 16.7 Å². The van der Waals surface area contributed by atoms with Gasteiger partial charge < -0.3 is 14.8 Å². The number of benzene rings is 3. The molecule has 0 spiro atoms. The number of hydrogen-bond donors (Lipinski definition) is 1. The Labute approximate surface area is 164 Å². The number of rotatable bonds is 6. The molecule has 1 N–H and O–H groups in total. The summed E-state index contributed by atoms with van der Waals surface area (Å²) in [6, 6.07) is 23.7. The van der Waals surface area contributed by atoms with Crippen LogP contribution in [0.4, 0.5) is 5.82 Å². The average Bonchev–Trinajstić information content (AvgIpc) is 2.77. The van der Waals surface area contributed by atoms with E-state index in [9.17, 15) is 0 Å². The molecule has 4 aromatic rings. The van der Waals surface area contributed by atoms with Crippen LogP contribution in [0, 0.1) is 0 Å². The normalized spacial score (nSPS) is 10.6. The molecule has 0 bridgehead atoms. The number of ether oxygens (including phenoxy) is 2. The molecule has 0 saturated carbocycles. The Kier molecular flexibility index (Phi) is 5.06. The minimum atomic E-state index is 0.516. The SMILES string of the molecule is COc1cccc(OC)c1CNc1nc(-c2ccccc2)nc2ccccc12. The third-order valence-electron chi connectivity index (χ3n) is 4.60. The first kappa shape index (κ1) is 17.8. The summed E-state index contributed by atoms with van der Waals surface area (Å²) in [5.41, 5.74) is 2.81. The molecule has 0 atom stereocenters. The lowest BCUT2D eigenvalue weighted by molar-refractivity contribution is 0.386. The van der Waals surface area contributed by atoms with Gasteiger partial charge >= 0.3 is 0 Å². The highest BCUT2D eigenvalue weighted by Crippen LogP contribution is 2.30. The van der Waals surface area contributed by atoms with Crippen molar-refractivity contribution in [1.29, 1.82) is 0 Å². The molecule has 0 radical (unpaired) electrons. The predicted molar refractivity (Wildman–Crippen MR) is 112 cm³/mol. The van der Waals surface area contributed by atoms with Crippen LogP contribution in [-0.4, -0.2) is 24.2 Å². The molecule has 0 aliphatic carbocycles. The second-order valence-electron chi connectivity index (χ2n) is 6.27. The van der Waals surface area contributed by atoms with Gasteiger partial charge in [-0.1, -0.05) is 48.5 Å². The molecular weight excluding hydrogens is 350 g/mol. The number of fused-ring (bicyclic) bond motifs is 1. The number of para-hydroxylation sites is 1. The molecular formula is C23H21N3O2. The quantitative estimate of drug-likeness (QED) is 0.521. The molecule has 140 valence electrons. The number of aromatic nitrogens is 2. The molecule has 0 fully saturated rings. The molecule has 0 unspecified atom stereocenters. The molecule has 3 aromatic carbocycles. The standard InChI is InChI=1S/C23H21N3O2/c1-27-20-13-8-14-21(28-2)18(20)15-24-23-17-11-6-7-12-19(17)25-22(26-23)16-9-4-3-5-10-16/h3-14H,15H2,1-2H3,(H,24,25,26). The number of hydrogen-bond acceptors (Lipinski definition) is 5. The summed E-state index contributed by atoms with van der Waals surface area (Å²) in [5.74, 6) is 3.01. The van der Waals surface area contributed by atoms with Crippen LogP contribution in [0.15, 0.2) is 72.8 Å². The van der Waals surface area contributed by atoms with E-state index in [1.807, 2.05) is 72.8 Å². The molecule has 1 aromatic heterocycles. The van der Waals surface area contributed by atoms with Gasteiger partial charge in [-0.25, -0.2) is 9.97 Å². The first-order valence-electron chi connectivity index (χ1n) is 9.06. The Hall–Kier alpha value is -3.60. The second kappa shape index (κ2) is 7.96. The molecule has 0 saturated heterocycles. The van der Waals surface area contributed by atoms with Gasteiger partial charge in [-0.15, -0.1) is 0 Å². The minimum absolute atomic E-state index is 0.516. The smallest absolute Gasteiger partial charge is 0.162 e. The van der Waals surface area contributed by atoms with E-state index < -0.39 is 0 Å². The average molecular weight is 371 g/mol. The Balaban J connectivity index is 1.75. The van der Waals surface area contributed by atoms with Gasteiger partial charge in [0, 0.05) is 17.5 Å². The highest BCUT2D eigenvalue weighted by atomic mass is 16.5. The van der Waals surface area contributed by atoms with Crippen LogP contribution in [0.1, 0.15) is 5.56 Å². The van der Waals surface area contributed by atoms with E-state index in [4.69, 9.17) is 19.4 Å². The van der Waals surface area contributed by atoms with E-state index in [-0.39, 0.29) is 0 Å². The first-order valence-corrected chi connectivity index (χ1v) is 9.06. The van der Waals surface area contributed by atoms with Crippen molar-refractivity contribution in [2.75, 3.05) is 19.5 Å². The van der Waals surface area contributed by atoms with Crippen molar-refractivity contribution in [3.63, 3.8) is 0 Å². The Morgan fingerprint density at radius 1 is 0.750 bits per heavy atom. The molecule has 0 aliphatic rings. The third-order valence-corrected chi connectivity index (χ3v) is 4.60. The number of nitrogens with one attached hydrogen (secondary N) is 1. The lowest BCUT2D eigenvalue weighted by Crippen LogP contribution is -2.07. The minimum Gasteiger partial charge on any atom is -0.496 e. The van der Waals surface area contributed by atoms with Crippen molar-refractivity contribution in [2.45, 2.75) is 6.54 Å². The lowest BCUT2D eigenvalue weighted by Gasteiger charge is -2.15. The molecule has 28 heavy (non-hydrogen) atoms. The van der Waals surface area contributed by atoms with Crippen LogP contribution >= 0.6 is 0 Å². The third kappa shape index (κ3) is 3.47. The van der Waals surface area contributed by atoms with E-state index in [0.717, 1.165) is 39.3 Å². The van der Waals surface area contributed by atoms with Gasteiger partial charge in [-0.3, -0.25) is 0 Å². The van der Waals surface area contributed by atoms with Gasteiger partial charge in [0.05, 0.1) is 25.3 Å². The fraction of sp³-hybridized carbons (Fsp3) is 0.130. The summed E-state index contributed by atoms with van der Waals surface area (Å²) >= 11 is 0. The van der Waals surface area contributed by atoms with Crippen LogP contribution in [0.25, 0.3) is 22.3 Å². The number of nitrogens with zero attached hydrogens (tertiary/aromatic N) is 2. The van der Waals surface area contributed by atoms with E-state index in [1.165, 1.54) is 0 Å². The van der Waals surface area contributed by atoms with Crippen LogP contribution in [0.2, 0.25) is 0 Å². The Morgan fingerprint density at radius 3 is 2.14 bits per heavy atom. The summed E-state index contributed by atoms with van der Waals surface area (Å²) in [6.45, 7) is 0.516. The van der Waals surface area contributed by atoms with Crippen molar-refractivity contribution in [3.05, 3.63) is 78.4 Å². The van der Waals surface area contributed by atoms with E-state index in [1.54, 1.807) is 14.2 Å². The van der Waals surface area contributed by atoms with Crippen molar-refractivity contribution in [2.24, 2.45) is 0 Å². The second-order valence-corrected chi connectivity index (χ2v) is 6.27. The van der Waals surface area contributed by atoms with Gasteiger partial charge in [0.1, 0.15) is 17.3 Å². The topological polar surface area (TPSA) is 56.3 Å². The predicted octanol–water partition coefficient (Wildman–Crippen LogP) is 4.93. The van der Waals surface area contributed by atoms with Crippen molar-refractivity contribution in [1.82, 2.24) is 9.97 Å². The summed E-state index contributed by atoms with van der Waals surface area (Å²) in [6.07, 6.45) is 0. The maximum atomic E-state index is 5.50. The van der Waals surface area contributed by atoms with Gasteiger partial charge in [0.2, 0.25) is 0 Å². The summed E-state index contributed by atoms with van der Waals surface area (Å²) < 4.78 is 11.0. The Morgan fingerprint density at radius 2 is 1.43 bits per heavy atom. The van der Waals surface area contributed by atoms with Gasteiger partial charge in [-0.2, -0.15) is 0 Å². The van der Waals surface area contributed by atoms with Crippen LogP contribution in [-0.2, 0) is 6.54 Å². The molecule has 0 aliphatic heterocycles. The van der Waals surface area contributed by atoms with E-state index >= 15 is 0 Å².